The lowest BCUT2D eigenvalue weighted by Crippen LogP contribution is -2.21. The van der Waals surface area contributed by atoms with E-state index in [1.54, 1.807) is 0 Å². The molecule has 0 saturated carbocycles. The van der Waals surface area contributed by atoms with Crippen LogP contribution in [0, 0.1) is 0 Å². The molecule has 0 saturated heterocycles. The molecule has 0 spiro atoms. The number of likely N-dealkylation sites (N-methyl/N-ethyl adjacent to an activating group) is 2. The third kappa shape index (κ3) is 23.3. The summed E-state index contributed by atoms with van der Waals surface area (Å²) in [6.07, 6.45) is 13.8. The van der Waals surface area contributed by atoms with E-state index >= 15 is 0 Å². The molecule has 0 aliphatic rings. The number of hydrogen-bond donors (Lipinski definition) is 5. The van der Waals surface area contributed by atoms with Crippen LogP contribution in [-0.2, 0) is 0 Å². The molecule has 0 radical (unpaired) electrons. The zero-order valence-electron chi connectivity index (χ0n) is 16.7. The standard InChI is InChI=1S/C20H43N5/c1-3-21-13-5-7-15-23-17-9-11-19-25-20-12-10-18-24-16-8-6-14-22-4-2/h5-8,21-25H,3-4,9-20H2,1-2H3. The van der Waals surface area contributed by atoms with E-state index in [1.807, 2.05) is 0 Å². The lowest BCUT2D eigenvalue weighted by Gasteiger charge is -2.06. The number of unbranched alkanes of at least 4 members (excludes halogenated alkanes) is 2. The molecule has 0 atom stereocenters. The van der Waals surface area contributed by atoms with Crippen LogP contribution in [0.25, 0.3) is 0 Å². The summed E-state index contributed by atoms with van der Waals surface area (Å²) in [7, 11) is 0. The van der Waals surface area contributed by atoms with Crippen LogP contribution in [0.4, 0.5) is 0 Å². The normalized spacial score (nSPS) is 11.9. The zero-order chi connectivity index (χ0) is 18.3. The van der Waals surface area contributed by atoms with Crippen molar-refractivity contribution in [3.63, 3.8) is 0 Å². The predicted octanol–water partition coefficient (Wildman–Crippen LogP) is 1.65. The molecule has 0 heterocycles. The molecule has 0 aromatic rings. The number of nitrogens with one attached hydrogen (secondary N) is 5. The first-order valence-electron chi connectivity index (χ1n) is 10.2. The van der Waals surface area contributed by atoms with Gasteiger partial charge in [0.15, 0.2) is 0 Å². The largest absolute Gasteiger partial charge is 0.317 e. The third-order valence-electron chi connectivity index (χ3n) is 3.80. The molecule has 0 unspecified atom stereocenters. The Morgan fingerprint density at radius 1 is 0.440 bits per heavy atom. The highest BCUT2D eigenvalue weighted by atomic mass is 14.9. The van der Waals surface area contributed by atoms with Crippen molar-refractivity contribution in [2.75, 3.05) is 65.4 Å². The van der Waals surface area contributed by atoms with Gasteiger partial charge in [-0.1, -0.05) is 38.2 Å². The first kappa shape index (κ1) is 24.3. The van der Waals surface area contributed by atoms with Gasteiger partial charge in [0.05, 0.1) is 0 Å². The lowest BCUT2D eigenvalue weighted by atomic mass is 10.2. The molecule has 148 valence electrons. The summed E-state index contributed by atoms with van der Waals surface area (Å²) in [5.74, 6) is 0. The highest BCUT2D eigenvalue weighted by Crippen LogP contribution is 1.88. The highest BCUT2D eigenvalue weighted by Gasteiger charge is 1.91. The van der Waals surface area contributed by atoms with Crippen LogP contribution < -0.4 is 26.6 Å². The Labute approximate surface area is 156 Å². The van der Waals surface area contributed by atoms with Crippen LogP contribution in [-0.4, -0.2) is 65.4 Å². The molecular weight excluding hydrogens is 310 g/mol. The van der Waals surface area contributed by atoms with Crippen molar-refractivity contribution < 1.29 is 0 Å². The molecule has 25 heavy (non-hydrogen) atoms. The molecule has 5 N–H and O–H groups in total. The maximum Gasteiger partial charge on any atom is 0.0135 e. The molecule has 0 aliphatic carbocycles. The van der Waals surface area contributed by atoms with E-state index in [2.05, 4.69) is 64.7 Å². The first-order chi connectivity index (χ1) is 12.4. The quantitative estimate of drug-likeness (QED) is 0.170. The van der Waals surface area contributed by atoms with Crippen molar-refractivity contribution >= 4 is 0 Å². The zero-order valence-corrected chi connectivity index (χ0v) is 16.7. The average molecular weight is 354 g/mol. The van der Waals surface area contributed by atoms with Crippen LogP contribution in [0.5, 0.6) is 0 Å². The van der Waals surface area contributed by atoms with E-state index in [1.165, 1.54) is 25.7 Å². The Hall–Kier alpha value is -0.720. The second-order valence-electron chi connectivity index (χ2n) is 6.13. The fraction of sp³-hybridized carbons (Fsp3) is 0.800. The summed E-state index contributed by atoms with van der Waals surface area (Å²) in [4.78, 5) is 0. The van der Waals surface area contributed by atoms with Crippen molar-refractivity contribution in [3.05, 3.63) is 24.3 Å². The predicted molar refractivity (Wildman–Crippen MR) is 112 cm³/mol. The molecule has 5 nitrogen and oxygen atoms in total. The minimum atomic E-state index is 0.977. The summed E-state index contributed by atoms with van der Waals surface area (Å²) in [5.41, 5.74) is 0. The van der Waals surface area contributed by atoms with Gasteiger partial charge in [-0.15, -0.1) is 0 Å². The van der Waals surface area contributed by atoms with Crippen molar-refractivity contribution in [1.29, 1.82) is 0 Å². The molecule has 0 bridgehead atoms. The van der Waals surface area contributed by atoms with E-state index in [4.69, 9.17) is 0 Å². The smallest absolute Gasteiger partial charge is 0.0135 e. The molecule has 0 aliphatic heterocycles. The Kier molecular flexibility index (Phi) is 22.6. The minimum Gasteiger partial charge on any atom is -0.317 e. The molecule has 5 heteroatoms. The summed E-state index contributed by atoms with van der Waals surface area (Å²) in [6.45, 7) is 14.7. The van der Waals surface area contributed by atoms with Crippen molar-refractivity contribution in [1.82, 2.24) is 26.6 Å². The van der Waals surface area contributed by atoms with Crippen LogP contribution in [0.2, 0.25) is 0 Å². The Balaban J connectivity index is 3.05. The maximum absolute atomic E-state index is 3.54. The van der Waals surface area contributed by atoms with Gasteiger partial charge in [-0.3, -0.25) is 0 Å². The Morgan fingerprint density at radius 2 is 0.760 bits per heavy atom. The van der Waals surface area contributed by atoms with Gasteiger partial charge in [0, 0.05) is 26.2 Å². The monoisotopic (exact) mass is 353 g/mol. The SMILES string of the molecule is CCNCC=CCNCCCCNCCCCNCC=CCNCC. The topological polar surface area (TPSA) is 60.1 Å². The summed E-state index contributed by atoms with van der Waals surface area (Å²) in [5, 5.41) is 17.0. The fourth-order valence-electron chi connectivity index (χ4n) is 2.28. The van der Waals surface area contributed by atoms with Crippen molar-refractivity contribution in [2.24, 2.45) is 0 Å². The van der Waals surface area contributed by atoms with E-state index in [0.29, 0.717) is 0 Å². The highest BCUT2D eigenvalue weighted by molar-refractivity contribution is 4.86. The van der Waals surface area contributed by atoms with Crippen molar-refractivity contribution in [3.8, 4) is 0 Å². The van der Waals surface area contributed by atoms with E-state index < -0.39 is 0 Å². The second-order valence-corrected chi connectivity index (χ2v) is 6.13. The van der Waals surface area contributed by atoms with Crippen LogP contribution in [0.1, 0.15) is 39.5 Å². The Bertz CT molecular complexity index is 264. The van der Waals surface area contributed by atoms with Gasteiger partial charge < -0.3 is 26.6 Å². The molecular formula is C20H43N5. The van der Waals surface area contributed by atoms with Crippen LogP contribution in [0.15, 0.2) is 24.3 Å². The molecule has 0 rings (SSSR count). The van der Waals surface area contributed by atoms with Gasteiger partial charge in [0.25, 0.3) is 0 Å². The van der Waals surface area contributed by atoms with E-state index in [-0.39, 0.29) is 0 Å². The molecule has 0 aromatic carbocycles. The third-order valence-corrected chi connectivity index (χ3v) is 3.80. The van der Waals surface area contributed by atoms with E-state index in [0.717, 1.165) is 65.4 Å². The van der Waals surface area contributed by atoms with E-state index in [9.17, 15) is 0 Å². The summed E-state index contributed by atoms with van der Waals surface area (Å²) >= 11 is 0. The van der Waals surface area contributed by atoms with Gasteiger partial charge in [-0.05, 0) is 65.0 Å². The number of hydrogen-bond acceptors (Lipinski definition) is 5. The lowest BCUT2D eigenvalue weighted by molar-refractivity contribution is 0.565. The molecule has 0 fully saturated rings. The molecule has 0 aromatic heterocycles. The van der Waals surface area contributed by atoms with Gasteiger partial charge in [0.2, 0.25) is 0 Å². The fourth-order valence-corrected chi connectivity index (χ4v) is 2.28. The van der Waals surface area contributed by atoms with Crippen molar-refractivity contribution in [2.45, 2.75) is 39.5 Å². The van der Waals surface area contributed by atoms with Gasteiger partial charge in [-0.25, -0.2) is 0 Å². The Morgan fingerprint density at radius 3 is 1.12 bits per heavy atom. The molecule has 0 amide bonds. The average Bonchev–Trinajstić information content (AvgIpc) is 2.63. The second kappa shape index (κ2) is 23.3. The van der Waals surface area contributed by atoms with Gasteiger partial charge in [-0.2, -0.15) is 0 Å². The first-order valence-corrected chi connectivity index (χ1v) is 10.2. The maximum atomic E-state index is 3.54. The van der Waals surface area contributed by atoms with Gasteiger partial charge >= 0.3 is 0 Å². The summed E-state index contributed by atoms with van der Waals surface area (Å²) < 4.78 is 0. The van der Waals surface area contributed by atoms with Crippen LogP contribution in [0.3, 0.4) is 0 Å². The summed E-state index contributed by atoms with van der Waals surface area (Å²) in [6, 6.07) is 0. The minimum absolute atomic E-state index is 0.977. The van der Waals surface area contributed by atoms with Gasteiger partial charge in [0.1, 0.15) is 0 Å². The number of rotatable bonds is 20. The van der Waals surface area contributed by atoms with Crippen LogP contribution >= 0.6 is 0 Å².